The summed E-state index contributed by atoms with van der Waals surface area (Å²) in [6, 6.07) is 9.99. The monoisotopic (exact) mass is 327 g/mol. The van der Waals surface area contributed by atoms with Crippen LogP contribution < -0.4 is 0 Å². The summed E-state index contributed by atoms with van der Waals surface area (Å²) in [5, 5.41) is 8.89. The number of carbonyl (C=O) groups is 1. The van der Waals surface area contributed by atoms with E-state index in [1.807, 2.05) is 36.1 Å². The first-order valence-corrected chi connectivity index (χ1v) is 8.77. The van der Waals surface area contributed by atoms with Crippen molar-refractivity contribution in [2.45, 2.75) is 38.3 Å². The Morgan fingerprint density at radius 3 is 2.75 bits per heavy atom. The molecule has 5 heteroatoms. The summed E-state index contributed by atoms with van der Waals surface area (Å²) in [4.78, 5) is 16.2. The summed E-state index contributed by atoms with van der Waals surface area (Å²) < 4.78 is 6.01. The molecule has 0 radical (unpaired) electrons. The number of morpholine rings is 1. The molecule has 1 spiro atoms. The van der Waals surface area contributed by atoms with E-state index in [2.05, 4.69) is 11.0 Å². The van der Waals surface area contributed by atoms with E-state index >= 15 is 0 Å². The van der Waals surface area contributed by atoms with E-state index in [0.717, 1.165) is 52.0 Å². The van der Waals surface area contributed by atoms with Gasteiger partial charge in [-0.25, -0.2) is 0 Å². The first kappa shape index (κ1) is 16.9. The number of rotatable bonds is 3. The third-order valence-corrected chi connectivity index (χ3v) is 5.19. The SMILES string of the molecule is CCN1C[C@@]2(CCCN(Cc3ccc(C#N)cc3)CC2)OCC1=O. The second kappa shape index (κ2) is 7.33. The molecule has 0 unspecified atom stereocenters. The maximum Gasteiger partial charge on any atom is 0.248 e. The molecule has 128 valence electrons. The van der Waals surface area contributed by atoms with Crippen molar-refractivity contribution in [1.82, 2.24) is 9.80 Å². The van der Waals surface area contributed by atoms with Crippen molar-refractivity contribution in [3.63, 3.8) is 0 Å². The number of ether oxygens (including phenoxy) is 1. The average Bonchev–Trinajstić information content (AvgIpc) is 2.81. The molecular weight excluding hydrogens is 302 g/mol. The van der Waals surface area contributed by atoms with Crippen molar-refractivity contribution >= 4 is 5.91 Å². The molecule has 0 bridgehead atoms. The summed E-state index contributed by atoms with van der Waals surface area (Å²) in [5.74, 6) is 0.113. The molecule has 1 aromatic carbocycles. The summed E-state index contributed by atoms with van der Waals surface area (Å²) in [5.41, 5.74) is 1.77. The summed E-state index contributed by atoms with van der Waals surface area (Å²) >= 11 is 0. The van der Waals surface area contributed by atoms with Crippen LogP contribution in [-0.2, 0) is 16.1 Å². The van der Waals surface area contributed by atoms with Crippen LogP contribution in [0.5, 0.6) is 0 Å². The molecule has 0 saturated carbocycles. The molecule has 24 heavy (non-hydrogen) atoms. The van der Waals surface area contributed by atoms with Crippen LogP contribution in [0.1, 0.15) is 37.3 Å². The standard InChI is InChI=1S/C19H25N3O2/c1-2-22-15-19(24-14-18(22)23)8-3-10-21(11-9-19)13-17-6-4-16(12-20)5-7-17/h4-7H,2-3,8-11,13-15H2,1H3/t19-/m0/s1. The van der Waals surface area contributed by atoms with E-state index in [1.165, 1.54) is 5.56 Å². The van der Waals surface area contributed by atoms with Gasteiger partial charge in [-0.2, -0.15) is 5.26 Å². The van der Waals surface area contributed by atoms with Crippen LogP contribution in [0.25, 0.3) is 0 Å². The Bertz CT molecular complexity index is 622. The Morgan fingerprint density at radius 1 is 1.25 bits per heavy atom. The van der Waals surface area contributed by atoms with Gasteiger partial charge in [-0.05, 0) is 50.4 Å². The van der Waals surface area contributed by atoms with Gasteiger partial charge in [0, 0.05) is 26.2 Å². The first-order chi connectivity index (χ1) is 11.6. The maximum absolute atomic E-state index is 11.9. The maximum atomic E-state index is 11.9. The lowest BCUT2D eigenvalue weighted by Crippen LogP contribution is -2.54. The third-order valence-electron chi connectivity index (χ3n) is 5.19. The van der Waals surface area contributed by atoms with E-state index < -0.39 is 0 Å². The van der Waals surface area contributed by atoms with Crippen molar-refractivity contribution in [3.8, 4) is 6.07 Å². The minimum absolute atomic E-state index is 0.113. The number of hydrogen-bond donors (Lipinski definition) is 0. The van der Waals surface area contributed by atoms with Gasteiger partial charge < -0.3 is 9.64 Å². The Balaban J connectivity index is 1.60. The molecule has 1 amide bonds. The van der Waals surface area contributed by atoms with E-state index in [1.54, 1.807) is 0 Å². The van der Waals surface area contributed by atoms with Gasteiger partial charge >= 0.3 is 0 Å². The zero-order chi connectivity index (χ0) is 17.0. The number of likely N-dealkylation sites (tertiary alicyclic amines) is 1. The van der Waals surface area contributed by atoms with Crippen LogP contribution in [0.15, 0.2) is 24.3 Å². The molecule has 1 aromatic rings. The fraction of sp³-hybridized carbons (Fsp3) is 0.579. The second-order valence-corrected chi connectivity index (χ2v) is 6.82. The van der Waals surface area contributed by atoms with E-state index in [0.29, 0.717) is 5.56 Å². The van der Waals surface area contributed by atoms with Gasteiger partial charge in [0.05, 0.1) is 17.2 Å². The minimum atomic E-state index is -0.163. The van der Waals surface area contributed by atoms with Crippen LogP contribution in [0.4, 0.5) is 0 Å². The number of carbonyl (C=O) groups excluding carboxylic acids is 1. The zero-order valence-electron chi connectivity index (χ0n) is 14.3. The van der Waals surface area contributed by atoms with Crippen molar-refractivity contribution in [2.24, 2.45) is 0 Å². The summed E-state index contributed by atoms with van der Waals surface area (Å²) in [7, 11) is 0. The highest BCUT2D eigenvalue weighted by Gasteiger charge is 2.40. The second-order valence-electron chi connectivity index (χ2n) is 6.82. The quantitative estimate of drug-likeness (QED) is 0.854. The molecule has 0 N–H and O–H groups in total. The molecule has 2 aliphatic heterocycles. The predicted octanol–water partition coefficient (Wildman–Crippen LogP) is 2.16. The lowest BCUT2D eigenvalue weighted by atomic mass is 9.92. The van der Waals surface area contributed by atoms with E-state index in [9.17, 15) is 4.79 Å². The number of nitrogens with zero attached hydrogens (tertiary/aromatic N) is 3. The van der Waals surface area contributed by atoms with E-state index in [4.69, 9.17) is 10.00 Å². The van der Waals surface area contributed by atoms with Crippen LogP contribution in [-0.4, -0.2) is 54.1 Å². The molecule has 2 saturated heterocycles. The molecule has 3 rings (SSSR count). The fourth-order valence-electron chi connectivity index (χ4n) is 3.70. The molecular formula is C19H25N3O2. The topological polar surface area (TPSA) is 56.6 Å². The molecule has 2 aliphatic rings. The lowest BCUT2D eigenvalue weighted by Gasteiger charge is -2.42. The van der Waals surface area contributed by atoms with Crippen molar-refractivity contribution in [2.75, 3.05) is 32.8 Å². The lowest BCUT2D eigenvalue weighted by molar-refractivity contribution is -0.165. The largest absolute Gasteiger partial charge is 0.363 e. The highest BCUT2D eigenvalue weighted by Crippen LogP contribution is 2.31. The molecule has 2 fully saturated rings. The number of hydrogen-bond acceptors (Lipinski definition) is 4. The van der Waals surface area contributed by atoms with Gasteiger partial charge in [-0.1, -0.05) is 12.1 Å². The van der Waals surface area contributed by atoms with Gasteiger partial charge in [0.2, 0.25) is 5.91 Å². The molecule has 0 aromatic heterocycles. The van der Waals surface area contributed by atoms with Crippen LogP contribution >= 0.6 is 0 Å². The number of amides is 1. The normalized spacial score (nSPS) is 25.5. The van der Waals surface area contributed by atoms with Gasteiger partial charge in [0.15, 0.2) is 0 Å². The molecule has 0 aliphatic carbocycles. The number of likely N-dealkylation sites (N-methyl/N-ethyl adjacent to an activating group) is 1. The highest BCUT2D eigenvalue weighted by atomic mass is 16.5. The van der Waals surface area contributed by atoms with Crippen molar-refractivity contribution < 1.29 is 9.53 Å². The Labute approximate surface area is 143 Å². The van der Waals surface area contributed by atoms with Crippen LogP contribution in [0.2, 0.25) is 0 Å². The first-order valence-electron chi connectivity index (χ1n) is 8.77. The van der Waals surface area contributed by atoms with Gasteiger partial charge in [0.25, 0.3) is 0 Å². The minimum Gasteiger partial charge on any atom is -0.363 e. The fourth-order valence-corrected chi connectivity index (χ4v) is 3.70. The third kappa shape index (κ3) is 3.77. The van der Waals surface area contributed by atoms with Gasteiger partial charge in [-0.15, -0.1) is 0 Å². The number of nitriles is 1. The summed E-state index contributed by atoms with van der Waals surface area (Å²) in [6.45, 7) is 6.68. The highest BCUT2D eigenvalue weighted by molar-refractivity contribution is 5.78. The van der Waals surface area contributed by atoms with Crippen LogP contribution in [0.3, 0.4) is 0 Å². The molecule has 5 nitrogen and oxygen atoms in total. The van der Waals surface area contributed by atoms with Crippen molar-refractivity contribution in [1.29, 1.82) is 5.26 Å². The Morgan fingerprint density at radius 2 is 2.04 bits per heavy atom. The summed E-state index contributed by atoms with van der Waals surface area (Å²) in [6.07, 6.45) is 3.07. The Hall–Kier alpha value is -1.90. The Kier molecular flexibility index (Phi) is 5.17. The van der Waals surface area contributed by atoms with Gasteiger partial charge in [0.1, 0.15) is 6.61 Å². The van der Waals surface area contributed by atoms with Gasteiger partial charge in [-0.3, -0.25) is 9.69 Å². The zero-order valence-corrected chi connectivity index (χ0v) is 14.3. The van der Waals surface area contributed by atoms with Crippen molar-refractivity contribution in [3.05, 3.63) is 35.4 Å². The predicted molar refractivity (Wildman–Crippen MR) is 91.2 cm³/mol. The van der Waals surface area contributed by atoms with E-state index in [-0.39, 0.29) is 18.1 Å². The smallest absolute Gasteiger partial charge is 0.248 e. The number of benzene rings is 1. The molecule has 2 heterocycles. The van der Waals surface area contributed by atoms with Crippen LogP contribution in [0, 0.1) is 11.3 Å². The molecule has 1 atom stereocenters. The average molecular weight is 327 g/mol.